The molecular weight excluding hydrogens is 478 g/mol. The highest BCUT2D eigenvalue weighted by molar-refractivity contribution is 7.22. The summed E-state index contributed by atoms with van der Waals surface area (Å²) in [4.78, 5) is 25.9. The normalized spacial score (nSPS) is 11.1. The minimum atomic E-state index is -0.120. The molecule has 1 amide bonds. The number of benzene rings is 4. The number of amides is 1. The third-order valence-corrected chi connectivity index (χ3v) is 7.32. The number of carbonyl (C=O) groups is 1. The molecule has 5 nitrogen and oxygen atoms in total. The molecule has 0 bridgehead atoms. The van der Waals surface area contributed by atoms with Gasteiger partial charge in [0, 0.05) is 17.0 Å². The highest BCUT2D eigenvalue weighted by Crippen LogP contribution is 2.34. The highest BCUT2D eigenvalue weighted by Gasteiger charge is 2.24. The van der Waals surface area contributed by atoms with Crippen LogP contribution in [0, 0.1) is 0 Å². The number of pyridine rings is 1. The van der Waals surface area contributed by atoms with Gasteiger partial charge in [0.25, 0.3) is 5.91 Å². The number of carbonyl (C=O) groups excluding carboxylic acids is 1. The van der Waals surface area contributed by atoms with Crippen LogP contribution in [0.4, 0.5) is 5.13 Å². The van der Waals surface area contributed by atoms with E-state index in [1.54, 1.807) is 12.0 Å². The van der Waals surface area contributed by atoms with E-state index in [4.69, 9.17) is 14.7 Å². The van der Waals surface area contributed by atoms with Gasteiger partial charge in [0.15, 0.2) is 5.13 Å². The third-order valence-electron chi connectivity index (χ3n) is 6.26. The second kappa shape index (κ2) is 9.84. The zero-order valence-electron chi connectivity index (χ0n) is 20.2. The Balaban J connectivity index is 1.51. The first-order valence-corrected chi connectivity index (χ1v) is 12.8. The van der Waals surface area contributed by atoms with Crippen molar-refractivity contribution in [3.8, 4) is 17.0 Å². The SMILES string of the molecule is COc1ccc2sc(N(Cc3ccccc3)C(=O)c3cc(-c4ccccc4)nc4ccccc34)nc2c1. The molecule has 37 heavy (non-hydrogen) atoms. The van der Waals surface area contributed by atoms with Crippen LogP contribution in [0.5, 0.6) is 5.75 Å². The van der Waals surface area contributed by atoms with Gasteiger partial charge in [-0.25, -0.2) is 9.97 Å². The number of para-hydroxylation sites is 1. The molecule has 0 atom stereocenters. The molecule has 0 radical (unpaired) electrons. The zero-order chi connectivity index (χ0) is 25.2. The smallest absolute Gasteiger partial charge is 0.261 e. The number of ether oxygens (including phenoxy) is 1. The molecule has 0 N–H and O–H groups in total. The average Bonchev–Trinajstić information content (AvgIpc) is 3.39. The summed E-state index contributed by atoms with van der Waals surface area (Å²) in [5, 5.41) is 1.45. The minimum Gasteiger partial charge on any atom is -0.497 e. The van der Waals surface area contributed by atoms with E-state index in [1.165, 1.54) is 11.3 Å². The number of thiazole rings is 1. The van der Waals surface area contributed by atoms with Crippen molar-refractivity contribution in [2.75, 3.05) is 12.0 Å². The van der Waals surface area contributed by atoms with Gasteiger partial charge < -0.3 is 4.74 Å². The van der Waals surface area contributed by atoms with Crippen molar-refractivity contribution >= 4 is 43.5 Å². The quantitative estimate of drug-likeness (QED) is 0.239. The van der Waals surface area contributed by atoms with Crippen LogP contribution in [0.2, 0.25) is 0 Å². The molecule has 0 fully saturated rings. The predicted octanol–water partition coefficient (Wildman–Crippen LogP) is 7.37. The van der Waals surface area contributed by atoms with E-state index in [2.05, 4.69) is 0 Å². The van der Waals surface area contributed by atoms with Crippen molar-refractivity contribution in [3.05, 3.63) is 120 Å². The highest BCUT2D eigenvalue weighted by atomic mass is 32.1. The fourth-order valence-corrected chi connectivity index (χ4v) is 5.33. The van der Waals surface area contributed by atoms with E-state index in [9.17, 15) is 4.79 Å². The molecule has 180 valence electrons. The Bertz CT molecular complexity index is 1720. The fraction of sp³-hybridized carbons (Fsp3) is 0.0645. The summed E-state index contributed by atoms with van der Waals surface area (Å²) in [5.74, 6) is 0.614. The van der Waals surface area contributed by atoms with E-state index in [0.29, 0.717) is 17.2 Å². The molecule has 0 aliphatic carbocycles. The van der Waals surface area contributed by atoms with E-state index in [0.717, 1.165) is 43.7 Å². The van der Waals surface area contributed by atoms with Crippen LogP contribution < -0.4 is 9.64 Å². The number of fused-ring (bicyclic) bond motifs is 2. The zero-order valence-corrected chi connectivity index (χ0v) is 21.0. The number of hydrogen-bond donors (Lipinski definition) is 0. The molecule has 2 heterocycles. The van der Waals surface area contributed by atoms with Gasteiger partial charge in [-0.15, -0.1) is 0 Å². The molecule has 0 saturated carbocycles. The Kier molecular flexibility index (Phi) is 6.08. The van der Waals surface area contributed by atoms with Crippen molar-refractivity contribution in [1.29, 1.82) is 0 Å². The topological polar surface area (TPSA) is 55.3 Å². The van der Waals surface area contributed by atoms with Crippen molar-refractivity contribution in [2.24, 2.45) is 0 Å². The summed E-state index contributed by atoms with van der Waals surface area (Å²) in [6, 6.07) is 35.4. The van der Waals surface area contributed by atoms with Gasteiger partial charge in [-0.1, -0.05) is 90.2 Å². The Labute approximate surface area is 218 Å². The van der Waals surface area contributed by atoms with Gasteiger partial charge in [0.1, 0.15) is 5.75 Å². The largest absolute Gasteiger partial charge is 0.497 e. The molecule has 2 aromatic heterocycles. The monoisotopic (exact) mass is 501 g/mol. The van der Waals surface area contributed by atoms with Gasteiger partial charge in [0.2, 0.25) is 0 Å². The van der Waals surface area contributed by atoms with Gasteiger partial charge in [-0.2, -0.15) is 0 Å². The Morgan fingerprint density at radius 1 is 0.811 bits per heavy atom. The lowest BCUT2D eigenvalue weighted by atomic mass is 10.0. The Hall–Kier alpha value is -4.55. The first-order chi connectivity index (χ1) is 18.2. The number of hydrogen-bond acceptors (Lipinski definition) is 5. The number of anilines is 1. The molecule has 6 rings (SSSR count). The molecule has 0 saturated heterocycles. The van der Waals surface area contributed by atoms with Crippen LogP contribution in [-0.2, 0) is 6.54 Å². The molecule has 0 aliphatic rings. The van der Waals surface area contributed by atoms with Crippen LogP contribution in [0.3, 0.4) is 0 Å². The minimum absolute atomic E-state index is 0.120. The van der Waals surface area contributed by atoms with Crippen molar-refractivity contribution < 1.29 is 9.53 Å². The van der Waals surface area contributed by atoms with E-state index in [1.807, 2.05) is 109 Å². The van der Waals surface area contributed by atoms with Gasteiger partial charge >= 0.3 is 0 Å². The summed E-state index contributed by atoms with van der Waals surface area (Å²) >= 11 is 1.50. The van der Waals surface area contributed by atoms with E-state index in [-0.39, 0.29) is 5.91 Å². The summed E-state index contributed by atoms with van der Waals surface area (Å²) in [7, 11) is 1.64. The van der Waals surface area contributed by atoms with Crippen molar-refractivity contribution in [3.63, 3.8) is 0 Å². The lowest BCUT2D eigenvalue weighted by molar-refractivity contribution is 0.0986. The average molecular weight is 502 g/mol. The lowest BCUT2D eigenvalue weighted by Crippen LogP contribution is -2.30. The molecule has 0 aliphatic heterocycles. The molecule has 0 spiro atoms. The summed E-state index contributed by atoms with van der Waals surface area (Å²) in [6.07, 6.45) is 0. The number of nitrogens with zero attached hydrogens (tertiary/aromatic N) is 3. The van der Waals surface area contributed by atoms with Crippen LogP contribution in [-0.4, -0.2) is 23.0 Å². The Morgan fingerprint density at radius 2 is 1.54 bits per heavy atom. The van der Waals surface area contributed by atoms with Gasteiger partial charge in [-0.05, 0) is 29.8 Å². The van der Waals surface area contributed by atoms with Crippen LogP contribution >= 0.6 is 11.3 Å². The van der Waals surface area contributed by atoms with Gasteiger partial charge in [-0.3, -0.25) is 9.69 Å². The maximum absolute atomic E-state index is 14.4. The lowest BCUT2D eigenvalue weighted by Gasteiger charge is -2.21. The van der Waals surface area contributed by atoms with E-state index >= 15 is 0 Å². The number of rotatable bonds is 6. The van der Waals surface area contributed by atoms with Gasteiger partial charge in [0.05, 0.1) is 40.6 Å². The van der Waals surface area contributed by atoms with E-state index < -0.39 is 0 Å². The summed E-state index contributed by atoms with van der Waals surface area (Å²) in [5.41, 5.74) is 4.92. The van der Waals surface area contributed by atoms with Crippen molar-refractivity contribution in [1.82, 2.24) is 9.97 Å². The summed E-state index contributed by atoms with van der Waals surface area (Å²) < 4.78 is 6.38. The first-order valence-electron chi connectivity index (χ1n) is 12.0. The Morgan fingerprint density at radius 3 is 2.32 bits per heavy atom. The number of aromatic nitrogens is 2. The molecule has 0 unspecified atom stereocenters. The molecule has 4 aromatic carbocycles. The second-order valence-corrected chi connectivity index (χ2v) is 9.65. The van der Waals surface area contributed by atoms with Crippen molar-refractivity contribution in [2.45, 2.75) is 6.54 Å². The van der Waals surface area contributed by atoms with Crippen LogP contribution in [0.1, 0.15) is 15.9 Å². The number of methoxy groups -OCH3 is 1. The molecular formula is C31H23N3O2S. The summed E-state index contributed by atoms with van der Waals surface area (Å²) in [6.45, 7) is 0.397. The fourth-order valence-electron chi connectivity index (χ4n) is 4.38. The van der Waals surface area contributed by atoms with Crippen LogP contribution in [0.25, 0.3) is 32.4 Å². The second-order valence-electron chi connectivity index (χ2n) is 8.65. The maximum atomic E-state index is 14.4. The molecule has 6 aromatic rings. The standard InChI is InChI=1S/C31H23N3O2S/c1-36-23-16-17-29-28(18-23)33-31(37-29)34(20-21-10-4-2-5-11-21)30(35)25-19-27(22-12-6-3-7-13-22)32-26-15-9-8-14-24(25)26/h2-19H,20H2,1H3. The maximum Gasteiger partial charge on any atom is 0.261 e. The molecule has 6 heteroatoms. The predicted molar refractivity (Wildman–Crippen MR) is 150 cm³/mol. The third kappa shape index (κ3) is 4.55. The first kappa shape index (κ1) is 22.9. The van der Waals surface area contributed by atoms with Crippen LogP contribution in [0.15, 0.2) is 109 Å².